The summed E-state index contributed by atoms with van der Waals surface area (Å²) in [6.45, 7) is 2.21. The Morgan fingerprint density at radius 2 is 2.41 bits per heavy atom. The van der Waals surface area contributed by atoms with Crippen molar-refractivity contribution in [2.45, 2.75) is 38.6 Å². The lowest BCUT2D eigenvalue weighted by atomic mass is 9.81. The molecule has 17 heavy (non-hydrogen) atoms. The molecule has 0 bridgehead atoms. The molecule has 0 saturated heterocycles. The maximum atomic E-state index is 11.5. The third kappa shape index (κ3) is 2.63. The molecule has 0 saturated carbocycles. The highest BCUT2D eigenvalue weighted by molar-refractivity contribution is 7.10. The lowest BCUT2D eigenvalue weighted by Gasteiger charge is -2.32. The van der Waals surface area contributed by atoms with E-state index in [9.17, 15) is 4.79 Å². The number of nitrogens with one attached hydrogen (secondary N) is 2. The van der Waals surface area contributed by atoms with Gasteiger partial charge in [-0.2, -0.15) is 0 Å². The Labute approximate surface area is 107 Å². The molecule has 0 fully saturated rings. The minimum absolute atomic E-state index is 0.0739. The number of carbonyl (C=O) groups is 1. The van der Waals surface area contributed by atoms with Crippen molar-refractivity contribution in [3.63, 3.8) is 0 Å². The predicted octanol–water partition coefficient (Wildman–Crippen LogP) is 3.08. The number of urea groups is 1. The fraction of sp³-hybridized carbons (Fsp3) is 0.615. The highest BCUT2D eigenvalue weighted by Gasteiger charge is 2.30. The van der Waals surface area contributed by atoms with Crippen LogP contribution in [0, 0.1) is 5.92 Å². The van der Waals surface area contributed by atoms with Crippen LogP contribution in [0.4, 0.5) is 4.79 Å². The van der Waals surface area contributed by atoms with Gasteiger partial charge < -0.3 is 10.6 Å². The maximum absolute atomic E-state index is 11.5. The summed E-state index contributed by atoms with van der Waals surface area (Å²) in [4.78, 5) is 13.0. The predicted molar refractivity (Wildman–Crippen MR) is 71.4 cm³/mol. The van der Waals surface area contributed by atoms with Gasteiger partial charge in [0, 0.05) is 11.9 Å². The Hall–Kier alpha value is -1.03. The molecule has 0 aliphatic heterocycles. The van der Waals surface area contributed by atoms with Gasteiger partial charge >= 0.3 is 6.03 Å². The molecule has 1 aromatic rings. The number of amides is 2. The van der Waals surface area contributed by atoms with Crippen molar-refractivity contribution in [3.05, 3.63) is 21.9 Å². The van der Waals surface area contributed by atoms with Crippen molar-refractivity contribution in [2.75, 3.05) is 7.05 Å². The molecule has 0 spiro atoms. The van der Waals surface area contributed by atoms with E-state index < -0.39 is 0 Å². The Bertz CT molecular complexity index is 389. The average Bonchev–Trinajstić information content (AvgIpc) is 2.80. The number of thiophene rings is 1. The van der Waals surface area contributed by atoms with Crippen LogP contribution in [-0.2, 0) is 6.42 Å². The Kier molecular flexibility index (Phi) is 4.05. The number of hydrogen-bond acceptors (Lipinski definition) is 2. The van der Waals surface area contributed by atoms with Gasteiger partial charge in [-0.05, 0) is 42.2 Å². The molecule has 94 valence electrons. The van der Waals surface area contributed by atoms with Crippen molar-refractivity contribution in [2.24, 2.45) is 5.92 Å². The summed E-state index contributed by atoms with van der Waals surface area (Å²) < 4.78 is 0. The highest BCUT2D eigenvalue weighted by atomic mass is 32.1. The van der Waals surface area contributed by atoms with Crippen LogP contribution in [0.15, 0.2) is 11.4 Å². The topological polar surface area (TPSA) is 41.1 Å². The van der Waals surface area contributed by atoms with Crippen molar-refractivity contribution in [1.29, 1.82) is 0 Å². The molecular weight excluding hydrogens is 232 g/mol. The molecular formula is C13H20N2OS. The van der Waals surface area contributed by atoms with Crippen LogP contribution in [0.5, 0.6) is 0 Å². The second-order valence-electron chi connectivity index (χ2n) is 4.59. The van der Waals surface area contributed by atoms with Crippen molar-refractivity contribution in [1.82, 2.24) is 10.6 Å². The Morgan fingerprint density at radius 3 is 3.12 bits per heavy atom. The van der Waals surface area contributed by atoms with Gasteiger partial charge in [-0.25, -0.2) is 4.79 Å². The van der Waals surface area contributed by atoms with Gasteiger partial charge in [0.1, 0.15) is 0 Å². The summed E-state index contributed by atoms with van der Waals surface area (Å²) in [6, 6.07) is 2.29. The summed E-state index contributed by atoms with van der Waals surface area (Å²) in [5.41, 5.74) is 1.34. The monoisotopic (exact) mass is 252 g/mol. The Morgan fingerprint density at radius 1 is 1.59 bits per heavy atom. The molecule has 2 atom stereocenters. The van der Waals surface area contributed by atoms with E-state index in [-0.39, 0.29) is 12.1 Å². The largest absolute Gasteiger partial charge is 0.341 e. The average molecular weight is 252 g/mol. The highest BCUT2D eigenvalue weighted by Crippen LogP contribution is 2.39. The molecule has 2 N–H and O–H groups in total. The normalized spacial score (nSPS) is 22.9. The molecule has 0 aromatic carbocycles. The zero-order chi connectivity index (χ0) is 12.3. The molecule has 2 unspecified atom stereocenters. The molecule has 3 nitrogen and oxygen atoms in total. The van der Waals surface area contributed by atoms with Crippen LogP contribution in [0.25, 0.3) is 0 Å². The smallest absolute Gasteiger partial charge is 0.315 e. The summed E-state index contributed by atoms with van der Waals surface area (Å²) in [5.74, 6) is 0.583. The minimum Gasteiger partial charge on any atom is -0.341 e. The second-order valence-corrected chi connectivity index (χ2v) is 5.59. The molecule has 2 rings (SSSR count). The van der Waals surface area contributed by atoms with E-state index in [0.29, 0.717) is 5.92 Å². The van der Waals surface area contributed by atoms with Gasteiger partial charge in [0.25, 0.3) is 0 Å². The van der Waals surface area contributed by atoms with Gasteiger partial charge in [-0.15, -0.1) is 11.3 Å². The zero-order valence-electron chi connectivity index (χ0n) is 10.5. The van der Waals surface area contributed by atoms with Gasteiger partial charge in [-0.3, -0.25) is 0 Å². The Balaban J connectivity index is 2.19. The van der Waals surface area contributed by atoms with Crippen LogP contribution < -0.4 is 10.6 Å². The zero-order valence-corrected chi connectivity index (χ0v) is 11.3. The lowest BCUT2D eigenvalue weighted by molar-refractivity contribution is 0.227. The summed E-state index contributed by atoms with van der Waals surface area (Å²) in [6.07, 6.45) is 4.72. The first kappa shape index (κ1) is 12.4. The standard InChI is InChI=1S/C13H20N2OS/c1-3-4-9-5-6-11-10(7-8-17-11)12(9)15-13(16)14-2/h7-9,12H,3-6H2,1-2H3,(H2,14,15,16). The molecule has 2 amide bonds. The molecule has 1 heterocycles. The van der Waals surface area contributed by atoms with E-state index in [1.807, 2.05) is 11.3 Å². The number of rotatable bonds is 3. The SMILES string of the molecule is CCCC1CCc2sccc2C1NC(=O)NC. The van der Waals surface area contributed by atoms with E-state index in [2.05, 4.69) is 29.0 Å². The lowest BCUT2D eigenvalue weighted by Crippen LogP contribution is -2.40. The van der Waals surface area contributed by atoms with Crippen LogP contribution >= 0.6 is 11.3 Å². The molecule has 1 aliphatic rings. The van der Waals surface area contributed by atoms with Crippen molar-refractivity contribution in [3.8, 4) is 0 Å². The van der Waals surface area contributed by atoms with Gasteiger partial charge in [0.2, 0.25) is 0 Å². The fourth-order valence-corrected chi connectivity index (χ4v) is 3.60. The van der Waals surface area contributed by atoms with Crippen LogP contribution in [0.3, 0.4) is 0 Å². The van der Waals surface area contributed by atoms with Crippen molar-refractivity contribution >= 4 is 17.4 Å². The summed E-state index contributed by atoms with van der Waals surface area (Å²) in [7, 11) is 1.67. The summed E-state index contributed by atoms with van der Waals surface area (Å²) >= 11 is 1.81. The van der Waals surface area contributed by atoms with E-state index >= 15 is 0 Å². The van der Waals surface area contributed by atoms with E-state index in [1.54, 1.807) is 7.05 Å². The van der Waals surface area contributed by atoms with E-state index in [4.69, 9.17) is 0 Å². The quantitative estimate of drug-likeness (QED) is 0.853. The van der Waals surface area contributed by atoms with E-state index in [0.717, 1.165) is 0 Å². The maximum Gasteiger partial charge on any atom is 0.315 e. The third-order valence-electron chi connectivity index (χ3n) is 3.50. The minimum atomic E-state index is -0.0739. The molecule has 0 radical (unpaired) electrons. The number of carbonyl (C=O) groups excluding carboxylic acids is 1. The van der Waals surface area contributed by atoms with Gasteiger partial charge in [0.15, 0.2) is 0 Å². The van der Waals surface area contributed by atoms with Gasteiger partial charge in [-0.1, -0.05) is 13.3 Å². The number of fused-ring (bicyclic) bond motifs is 1. The first-order valence-electron chi connectivity index (χ1n) is 6.30. The molecule has 1 aliphatic carbocycles. The van der Waals surface area contributed by atoms with Crippen LogP contribution in [0.2, 0.25) is 0 Å². The third-order valence-corrected chi connectivity index (χ3v) is 4.50. The summed E-state index contributed by atoms with van der Waals surface area (Å²) in [5, 5.41) is 7.89. The first-order valence-corrected chi connectivity index (χ1v) is 7.18. The van der Waals surface area contributed by atoms with Crippen LogP contribution in [0.1, 0.15) is 42.7 Å². The number of aryl methyl sites for hydroxylation is 1. The van der Waals surface area contributed by atoms with E-state index in [1.165, 1.54) is 36.1 Å². The van der Waals surface area contributed by atoms with Crippen molar-refractivity contribution < 1.29 is 4.79 Å². The number of hydrogen-bond donors (Lipinski definition) is 2. The molecule has 4 heteroatoms. The van der Waals surface area contributed by atoms with Gasteiger partial charge in [0.05, 0.1) is 6.04 Å². The molecule has 1 aromatic heterocycles. The fourth-order valence-electron chi connectivity index (χ4n) is 2.66. The second kappa shape index (κ2) is 5.54. The van der Waals surface area contributed by atoms with Crippen LogP contribution in [-0.4, -0.2) is 13.1 Å². The first-order chi connectivity index (χ1) is 8.26.